The van der Waals surface area contributed by atoms with Crippen LogP contribution >= 0.6 is 0 Å². The van der Waals surface area contributed by atoms with Gasteiger partial charge in [0.2, 0.25) is 0 Å². The molecule has 1 aliphatic heterocycles. The average molecular weight is 303 g/mol. The number of aromatic nitrogens is 4. The molecular weight excluding hydrogens is 282 g/mol. The molecule has 2 aromatic rings. The molecule has 118 valence electrons. The van der Waals surface area contributed by atoms with E-state index in [0.717, 1.165) is 37.3 Å². The first-order valence-corrected chi connectivity index (χ1v) is 7.56. The van der Waals surface area contributed by atoms with E-state index < -0.39 is 0 Å². The van der Waals surface area contributed by atoms with Gasteiger partial charge in [0.05, 0.1) is 12.6 Å². The van der Waals surface area contributed by atoms with Gasteiger partial charge in [-0.25, -0.2) is 9.78 Å². The van der Waals surface area contributed by atoms with Crippen LogP contribution in [-0.4, -0.2) is 26.1 Å². The molecule has 3 heterocycles. The van der Waals surface area contributed by atoms with Crippen LogP contribution in [0.2, 0.25) is 0 Å². The number of aryl methyl sites for hydroxylation is 1. The summed E-state index contributed by atoms with van der Waals surface area (Å²) in [5.41, 5.74) is 0.811. The molecule has 0 saturated carbocycles. The second-order valence-electron chi connectivity index (χ2n) is 5.32. The number of hydrogen-bond acceptors (Lipinski definition) is 4. The Bertz CT molecular complexity index is 683. The van der Waals surface area contributed by atoms with E-state index in [4.69, 9.17) is 4.74 Å². The van der Waals surface area contributed by atoms with Crippen LogP contribution in [0.5, 0.6) is 0 Å². The molecule has 0 aromatic carbocycles. The normalized spacial score (nSPS) is 17.4. The first kappa shape index (κ1) is 14.5. The van der Waals surface area contributed by atoms with Crippen LogP contribution in [0.3, 0.4) is 0 Å². The quantitative estimate of drug-likeness (QED) is 0.854. The molecule has 1 atom stereocenters. The summed E-state index contributed by atoms with van der Waals surface area (Å²) in [6.45, 7) is 1.48. The van der Waals surface area contributed by atoms with E-state index >= 15 is 0 Å². The molecule has 3 rings (SSSR count). The fourth-order valence-electron chi connectivity index (χ4n) is 2.80. The number of hydrogen-bond donors (Lipinski definition) is 2. The van der Waals surface area contributed by atoms with Gasteiger partial charge in [-0.05, 0) is 25.3 Å². The van der Waals surface area contributed by atoms with Gasteiger partial charge in [0.25, 0.3) is 0 Å². The number of rotatable bonds is 6. The zero-order chi connectivity index (χ0) is 15.4. The third-order valence-corrected chi connectivity index (χ3v) is 3.87. The van der Waals surface area contributed by atoms with Crippen molar-refractivity contribution >= 4 is 5.82 Å². The molecular formula is C15H21N5O2. The summed E-state index contributed by atoms with van der Waals surface area (Å²) >= 11 is 0. The topological polar surface area (TPSA) is 76.9 Å². The lowest BCUT2D eigenvalue weighted by Gasteiger charge is -2.22. The highest BCUT2D eigenvalue weighted by Gasteiger charge is 2.24. The van der Waals surface area contributed by atoms with Crippen LogP contribution in [0.25, 0.3) is 0 Å². The van der Waals surface area contributed by atoms with Crippen LogP contribution in [0, 0.1) is 0 Å². The zero-order valence-electron chi connectivity index (χ0n) is 12.7. The lowest BCUT2D eigenvalue weighted by atomic mass is 10.1. The average Bonchev–Trinajstić information content (AvgIpc) is 3.16. The Morgan fingerprint density at radius 2 is 2.41 bits per heavy atom. The Morgan fingerprint density at radius 1 is 1.50 bits per heavy atom. The van der Waals surface area contributed by atoms with Gasteiger partial charge in [0.15, 0.2) is 0 Å². The molecule has 1 unspecified atom stereocenters. The molecule has 0 radical (unpaired) electrons. The van der Waals surface area contributed by atoms with E-state index in [1.165, 1.54) is 0 Å². The lowest BCUT2D eigenvalue weighted by Crippen LogP contribution is -2.22. The van der Waals surface area contributed by atoms with E-state index in [0.29, 0.717) is 6.54 Å². The fraction of sp³-hybridized carbons (Fsp3) is 0.467. The van der Waals surface area contributed by atoms with Crippen LogP contribution in [-0.2, 0) is 17.8 Å². The SMILES string of the molecule is CNc1[nH]c(=O)n(CCCn2ccnc2)c1C1CCC=CO1. The number of allylic oxidation sites excluding steroid dienone is 1. The molecule has 1 aliphatic rings. The van der Waals surface area contributed by atoms with Crippen molar-refractivity contribution in [2.45, 2.75) is 38.5 Å². The number of nitrogens with zero attached hydrogens (tertiary/aromatic N) is 3. The number of anilines is 1. The molecule has 0 saturated heterocycles. The Hall–Kier alpha value is -2.44. The highest BCUT2D eigenvalue weighted by Crippen LogP contribution is 2.30. The van der Waals surface area contributed by atoms with E-state index in [1.807, 2.05) is 23.9 Å². The Balaban J connectivity index is 1.78. The van der Waals surface area contributed by atoms with E-state index in [1.54, 1.807) is 23.4 Å². The van der Waals surface area contributed by atoms with Gasteiger partial charge in [-0.3, -0.25) is 9.55 Å². The number of imidazole rings is 2. The minimum atomic E-state index is -0.0943. The van der Waals surface area contributed by atoms with E-state index in [9.17, 15) is 4.79 Å². The van der Waals surface area contributed by atoms with E-state index in [2.05, 4.69) is 15.3 Å². The number of aromatic amines is 1. The first-order valence-electron chi connectivity index (χ1n) is 7.56. The van der Waals surface area contributed by atoms with Gasteiger partial charge in [-0.15, -0.1) is 0 Å². The Morgan fingerprint density at radius 3 is 3.09 bits per heavy atom. The molecule has 0 aliphatic carbocycles. The first-order chi connectivity index (χ1) is 10.8. The maximum Gasteiger partial charge on any atom is 0.327 e. The maximum absolute atomic E-state index is 12.2. The Kier molecular flexibility index (Phi) is 4.32. The lowest BCUT2D eigenvalue weighted by molar-refractivity contribution is 0.117. The van der Waals surface area contributed by atoms with Crippen molar-refractivity contribution in [3.05, 3.63) is 47.2 Å². The summed E-state index contributed by atoms with van der Waals surface area (Å²) in [4.78, 5) is 19.1. The van der Waals surface area contributed by atoms with Crippen molar-refractivity contribution in [3.8, 4) is 0 Å². The summed E-state index contributed by atoms with van der Waals surface area (Å²) < 4.78 is 9.49. The standard InChI is InChI=1S/C15H21N5O2/c1-16-14-13(12-5-2-3-10-22-12)20(15(21)18-14)8-4-7-19-9-6-17-11-19/h3,6,9-12,16H,2,4-5,7-8H2,1H3,(H,18,21). The summed E-state index contributed by atoms with van der Waals surface area (Å²) in [5, 5.41) is 3.06. The molecule has 22 heavy (non-hydrogen) atoms. The number of ether oxygens (including phenoxy) is 1. The van der Waals surface area contributed by atoms with Crippen LogP contribution in [0.4, 0.5) is 5.82 Å². The maximum atomic E-state index is 12.2. The monoisotopic (exact) mass is 303 g/mol. The molecule has 2 aromatic heterocycles. The van der Waals surface area contributed by atoms with Crippen molar-refractivity contribution in [2.75, 3.05) is 12.4 Å². The largest absolute Gasteiger partial charge is 0.492 e. The smallest absolute Gasteiger partial charge is 0.327 e. The van der Waals surface area contributed by atoms with Gasteiger partial charge < -0.3 is 14.6 Å². The van der Waals surface area contributed by atoms with E-state index in [-0.39, 0.29) is 11.8 Å². The summed E-state index contributed by atoms with van der Waals surface area (Å²) in [7, 11) is 1.81. The van der Waals surface area contributed by atoms with Gasteiger partial charge in [0.1, 0.15) is 17.6 Å². The van der Waals surface area contributed by atoms with Crippen LogP contribution in [0.15, 0.2) is 35.9 Å². The predicted molar refractivity (Wildman–Crippen MR) is 83.6 cm³/mol. The van der Waals surface area contributed by atoms with Crippen molar-refractivity contribution in [1.82, 2.24) is 19.1 Å². The molecule has 2 N–H and O–H groups in total. The molecule has 0 fully saturated rings. The number of nitrogens with one attached hydrogen (secondary N) is 2. The van der Waals surface area contributed by atoms with Crippen molar-refractivity contribution in [1.29, 1.82) is 0 Å². The molecule has 7 nitrogen and oxygen atoms in total. The van der Waals surface area contributed by atoms with Gasteiger partial charge in [0, 0.05) is 32.5 Å². The molecule has 0 bridgehead atoms. The van der Waals surface area contributed by atoms with Crippen LogP contribution < -0.4 is 11.0 Å². The Labute approximate surface area is 128 Å². The highest BCUT2D eigenvalue weighted by atomic mass is 16.5. The minimum absolute atomic E-state index is 0.0837. The van der Waals surface area contributed by atoms with Gasteiger partial charge >= 0.3 is 5.69 Å². The molecule has 0 amide bonds. The third-order valence-electron chi connectivity index (χ3n) is 3.87. The summed E-state index contributed by atoms with van der Waals surface area (Å²) in [6, 6.07) is 0. The summed E-state index contributed by atoms with van der Waals surface area (Å²) in [6.07, 6.45) is 11.8. The highest BCUT2D eigenvalue weighted by molar-refractivity contribution is 5.42. The van der Waals surface area contributed by atoms with Crippen molar-refractivity contribution < 1.29 is 4.74 Å². The number of H-pyrrole nitrogens is 1. The van der Waals surface area contributed by atoms with Crippen molar-refractivity contribution in [3.63, 3.8) is 0 Å². The van der Waals surface area contributed by atoms with Crippen LogP contribution in [0.1, 0.15) is 31.1 Å². The molecule has 7 heteroatoms. The fourth-order valence-corrected chi connectivity index (χ4v) is 2.80. The van der Waals surface area contributed by atoms with Crippen molar-refractivity contribution in [2.24, 2.45) is 0 Å². The third kappa shape index (κ3) is 2.93. The van der Waals surface area contributed by atoms with Gasteiger partial charge in [-0.2, -0.15) is 0 Å². The van der Waals surface area contributed by atoms with Gasteiger partial charge in [-0.1, -0.05) is 0 Å². The molecule has 0 spiro atoms. The zero-order valence-corrected chi connectivity index (χ0v) is 12.7. The minimum Gasteiger partial charge on any atom is -0.492 e. The second-order valence-corrected chi connectivity index (χ2v) is 5.32. The predicted octanol–water partition coefficient (Wildman–Crippen LogP) is 1.87. The second kappa shape index (κ2) is 6.55. The summed E-state index contributed by atoms with van der Waals surface area (Å²) in [5.74, 6) is 0.743.